The summed E-state index contributed by atoms with van der Waals surface area (Å²) in [5, 5.41) is 34.0. The van der Waals surface area contributed by atoms with Crippen LogP contribution in [-0.2, 0) is 58.8 Å². The van der Waals surface area contributed by atoms with Crippen LogP contribution in [0.1, 0.15) is 96.0 Å². The molecule has 1 aromatic rings. The fraction of sp³-hybridized carbons (Fsp3) is 0.683. The van der Waals surface area contributed by atoms with Crippen LogP contribution in [0.5, 0.6) is 5.75 Å². The second-order valence-electron chi connectivity index (χ2n) is 13.5. The Labute approximate surface area is 331 Å². The van der Waals surface area contributed by atoms with Crippen molar-refractivity contribution in [1.82, 2.24) is 5.32 Å². The van der Waals surface area contributed by atoms with Gasteiger partial charge in [0.25, 0.3) is 0 Å². The number of unbranched alkanes of at least 4 members (excludes halogenated alkanes) is 8. The van der Waals surface area contributed by atoms with Crippen molar-refractivity contribution in [2.75, 3.05) is 67.1 Å². The standard InChI is InChI=1S/C41H65NO14/c1-4-5-6-9-12-15-33(43)16-13-10-7-8-11-14-17-35(41(50,40(48)49)31-37(45)55-28-26-53-24-22-51-2)38(46)42-36(30-32-18-20-34(44)21-19-32)39(47)56-29-27-54-25-23-52-3/h14,17-21,35-36,44,50H,4-13,15-16,22-31H2,1-3H3,(H,42,46)(H,48,49)/b17-14+/t35-,36+,41+/m1/s1. The highest BCUT2D eigenvalue weighted by molar-refractivity contribution is 5.95. The Kier molecular flexibility index (Phi) is 28.0. The minimum absolute atomic E-state index is 0.00387. The summed E-state index contributed by atoms with van der Waals surface area (Å²) in [6.45, 7) is 2.98. The molecule has 0 aromatic heterocycles. The van der Waals surface area contributed by atoms with E-state index < -0.39 is 47.8 Å². The number of nitrogens with one attached hydrogen (secondary N) is 1. The van der Waals surface area contributed by atoms with E-state index in [0.717, 1.165) is 44.9 Å². The monoisotopic (exact) mass is 795 g/mol. The SMILES string of the molecule is CCCCCCCC(=O)CCCCCC/C=C/[C@H](C(=O)N[C@@H](Cc1ccc(O)cc1)C(=O)OCCOCCOC)[C@@](O)(CC(=O)OCCOCCOC)C(=O)O. The third-order valence-electron chi connectivity index (χ3n) is 8.85. The van der Waals surface area contributed by atoms with E-state index >= 15 is 0 Å². The molecule has 3 atom stereocenters. The van der Waals surface area contributed by atoms with Gasteiger partial charge in [0.1, 0.15) is 30.8 Å². The summed E-state index contributed by atoms with van der Waals surface area (Å²) < 4.78 is 30.9. The van der Waals surface area contributed by atoms with Gasteiger partial charge in [-0.15, -0.1) is 0 Å². The summed E-state index contributed by atoms with van der Waals surface area (Å²) in [4.78, 5) is 64.9. The number of ketones is 1. The molecule has 0 radical (unpaired) electrons. The van der Waals surface area contributed by atoms with Crippen LogP contribution in [0.3, 0.4) is 0 Å². The van der Waals surface area contributed by atoms with Crippen molar-refractivity contribution in [2.45, 2.75) is 108 Å². The number of Topliss-reactive ketones (excluding diaryl/α,β-unsaturated/α-hetero) is 1. The van der Waals surface area contributed by atoms with E-state index in [-0.39, 0.29) is 57.6 Å². The van der Waals surface area contributed by atoms with Gasteiger partial charge in [-0.2, -0.15) is 0 Å². The number of carbonyl (C=O) groups is 5. The Morgan fingerprint density at radius 3 is 1.88 bits per heavy atom. The lowest BCUT2D eigenvalue weighted by Gasteiger charge is -2.30. The molecule has 0 aliphatic rings. The normalized spacial score (nSPS) is 13.5. The molecule has 1 aromatic carbocycles. The van der Waals surface area contributed by atoms with Gasteiger partial charge in [0.2, 0.25) is 5.91 Å². The molecule has 1 rings (SSSR count). The topological polar surface area (TPSA) is 213 Å². The largest absolute Gasteiger partial charge is 0.508 e. The number of phenolic OH excluding ortho intramolecular Hbond substituents is 1. The first kappa shape index (κ1) is 50.1. The molecule has 0 saturated carbocycles. The number of methoxy groups -OCH3 is 2. The van der Waals surface area contributed by atoms with E-state index in [9.17, 15) is 39.3 Å². The average Bonchev–Trinajstić information content (AvgIpc) is 3.17. The number of phenols is 1. The molecule has 15 heteroatoms. The van der Waals surface area contributed by atoms with Crippen molar-refractivity contribution >= 4 is 29.6 Å². The maximum Gasteiger partial charge on any atom is 0.337 e. The summed E-state index contributed by atoms with van der Waals surface area (Å²) >= 11 is 0. The minimum Gasteiger partial charge on any atom is -0.508 e. The molecule has 1 amide bonds. The summed E-state index contributed by atoms with van der Waals surface area (Å²) in [6, 6.07) is 4.54. The van der Waals surface area contributed by atoms with E-state index in [0.29, 0.717) is 44.5 Å². The van der Waals surface area contributed by atoms with Crippen molar-refractivity contribution in [1.29, 1.82) is 0 Å². The molecule has 15 nitrogen and oxygen atoms in total. The zero-order valence-electron chi connectivity index (χ0n) is 33.5. The zero-order chi connectivity index (χ0) is 41.4. The van der Waals surface area contributed by atoms with Crippen molar-refractivity contribution < 1.29 is 67.7 Å². The molecule has 56 heavy (non-hydrogen) atoms. The van der Waals surface area contributed by atoms with Crippen LogP contribution in [-0.4, -0.2) is 124 Å². The van der Waals surface area contributed by atoms with Gasteiger partial charge in [-0.05, 0) is 43.4 Å². The number of carboxylic acids is 1. The van der Waals surface area contributed by atoms with Crippen molar-refractivity contribution in [3.63, 3.8) is 0 Å². The van der Waals surface area contributed by atoms with E-state index in [1.54, 1.807) is 18.2 Å². The van der Waals surface area contributed by atoms with Crippen LogP contribution in [0.4, 0.5) is 0 Å². The van der Waals surface area contributed by atoms with Crippen LogP contribution >= 0.6 is 0 Å². The van der Waals surface area contributed by atoms with Gasteiger partial charge in [0, 0.05) is 33.5 Å². The molecule has 0 fully saturated rings. The number of ether oxygens (including phenoxy) is 6. The van der Waals surface area contributed by atoms with E-state index in [1.165, 1.54) is 38.8 Å². The number of allylic oxidation sites excluding steroid dienone is 1. The van der Waals surface area contributed by atoms with Gasteiger partial charge in [0.15, 0.2) is 5.60 Å². The molecule has 0 spiro atoms. The maximum absolute atomic E-state index is 14.0. The minimum atomic E-state index is -2.96. The van der Waals surface area contributed by atoms with E-state index in [1.807, 2.05) is 0 Å². The molecule has 0 saturated heterocycles. The second kappa shape index (κ2) is 31.2. The Hall–Kier alpha value is -3.89. The number of esters is 2. The number of benzene rings is 1. The second-order valence-corrected chi connectivity index (χ2v) is 13.5. The predicted molar refractivity (Wildman–Crippen MR) is 207 cm³/mol. The first-order valence-electron chi connectivity index (χ1n) is 19.7. The van der Waals surface area contributed by atoms with Gasteiger partial charge < -0.3 is 49.1 Å². The Morgan fingerprint density at radius 1 is 0.750 bits per heavy atom. The summed E-state index contributed by atoms with van der Waals surface area (Å²) in [5.41, 5.74) is -2.43. The highest BCUT2D eigenvalue weighted by Crippen LogP contribution is 2.26. The number of hydrogen-bond acceptors (Lipinski definition) is 13. The molecular weight excluding hydrogens is 730 g/mol. The summed E-state index contributed by atoms with van der Waals surface area (Å²) in [5.74, 6) is -6.43. The van der Waals surface area contributed by atoms with E-state index in [4.69, 9.17) is 28.4 Å². The number of carbonyl (C=O) groups excluding carboxylic acids is 4. The van der Waals surface area contributed by atoms with Gasteiger partial charge >= 0.3 is 17.9 Å². The van der Waals surface area contributed by atoms with Gasteiger partial charge in [-0.1, -0.05) is 69.7 Å². The Morgan fingerprint density at radius 2 is 1.30 bits per heavy atom. The Balaban J connectivity index is 3.10. The molecule has 4 N–H and O–H groups in total. The number of aliphatic hydroxyl groups is 1. The van der Waals surface area contributed by atoms with Gasteiger partial charge in [-0.25, -0.2) is 9.59 Å². The number of aromatic hydroxyl groups is 1. The smallest absolute Gasteiger partial charge is 0.337 e. The number of aliphatic carboxylic acids is 1. The number of rotatable bonds is 35. The number of amides is 1. The summed E-state index contributed by atoms with van der Waals surface area (Å²) in [7, 11) is 3.01. The molecular formula is C41H65NO14. The van der Waals surface area contributed by atoms with Gasteiger partial charge in [0.05, 0.1) is 52.0 Å². The lowest BCUT2D eigenvalue weighted by atomic mass is 9.82. The third kappa shape index (κ3) is 22.6. The number of carboxylic acid groups (broad SMARTS) is 1. The Bertz CT molecular complexity index is 1290. The molecule has 0 aliphatic heterocycles. The van der Waals surface area contributed by atoms with Crippen LogP contribution in [0.2, 0.25) is 0 Å². The molecule has 0 unspecified atom stereocenters. The van der Waals surface area contributed by atoms with Crippen molar-refractivity contribution in [2.24, 2.45) is 5.92 Å². The molecule has 318 valence electrons. The predicted octanol–water partition coefficient (Wildman–Crippen LogP) is 4.48. The molecule has 0 bridgehead atoms. The first-order valence-corrected chi connectivity index (χ1v) is 19.7. The van der Waals surface area contributed by atoms with Crippen LogP contribution < -0.4 is 5.32 Å². The summed E-state index contributed by atoms with van der Waals surface area (Å²) in [6.07, 6.45) is 11.6. The van der Waals surface area contributed by atoms with Crippen LogP contribution in [0.15, 0.2) is 36.4 Å². The van der Waals surface area contributed by atoms with Crippen molar-refractivity contribution in [3.05, 3.63) is 42.0 Å². The fourth-order valence-corrected chi connectivity index (χ4v) is 5.60. The number of hydrogen-bond donors (Lipinski definition) is 4. The zero-order valence-corrected chi connectivity index (χ0v) is 33.5. The third-order valence-corrected chi connectivity index (χ3v) is 8.85. The highest BCUT2D eigenvalue weighted by atomic mass is 16.6. The maximum atomic E-state index is 14.0. The highest BCUT2D eigenvalue weighted by Gasteiger charge is 2.49. The molecule has 0 heterocycles. The van der Waals surface area contributed by atoms with Crippen molar-refractivity contribution in [3.8, 4) is 5.75 Å². The van der Waals surface area contributed by atoms with Gasteiger partial charge in [-0.3, -0.25) is 14.4 Å². The fourth-order valence-electron chi connectivity index (χ4n) is 5.60. The van der Waals surface area contributed by atoms with E-state index in [2.05, 4.69) is 12.2 Å². The quantitative estimate of drug-likeness (QED) is 0.0424. The van der Waals surface area contributed by atoms with Crippen LogP contribution in [0.25, 0.3) is 0 Å². The molecule has 0 aliphatic carbocycles. The first-order chi connectivity index (χ1) is 27.0. The lowest BCUT2D eigenvalue weighted by molar-refractivity contribution is -0.174. The lowest BCUT2D eigenvalue weighted by Crippen LogP contribution is -2.55. The average molecular weight is 796 g/mol. The van der Waals surface area contributed by atoms with Crippen LogP contribution in [0, 0.1) is 5.92 Å².